The van der Waals surface area contributed by atoms with Gasteiger partial charge in [-0.05, 0) is 13.0 Å². The monoisotopic (exact) mass is 189 g/mol. The van der Waals surface area contributed by atoms with Gasteiger partial charge < -0.3 is 10.3 Å². The Labute approximate surface area is 81.0 Å². The molecule has 1 atom stereocenters. The maximum absolute atomic E-state index is 4.34. The highest BCUT2D eigenvalue weighted by atomic mass is 15.0. The van der Waals surface area contributed by atoms with Crippen LogP contribution in [0.2, 0.25) is 0 Å². The number of aromatic amines is 1. The quantitative estimate of drug-likeness (QED) is 0.682. The van der Waals surface area contributed by atoms with Crippen LogP contribution in [0.3, 0.4) is 0 Å². The number of hydrogen-bond acceptors (Lipinski definition) is 4. The summed E-state index contributed by atoms with van der Waals surface area (Å²) in [6.45, 7) is 2.08. The zero-order valence-corrected chi connectivity index (χ0v) is 7.70. The van der Waals surface area contributed by atoms with E-state index in [1.807, 2.05) is 0 Å². The molecule has 14 heavy (non-hydrogen) atoms. The average Bonchev–Trinajstić information content (AvgIpc) is 2.88. The highest BCUT2D eigenvalue weighted by Gasteiger charge is 2.21. The molecule has 0 bridgehead atoms. The van der Waals surface area contributed by atoms with E-state index in [1.165, 1.54) is 0 Å². The van der Waals surface area contributed by atoms with Crippen LogP contribution in [0.5, 0.6) is 0 Å². The predicted octanol–water partition coefficient (Wildman–Crippen LogP) is 0.430. The molecule has 2 aromatic heterocycles. The van der Waals surface area contributed by atoms with Gasteiger partial charge in [0.05, 0.1) is 12.0 Å². The van der Waals surface area contributed by atoms with Crippen molar-refractivity contribution in [2.45, 2.75) is 12.3 Å². The highest BCUT2D eigenvalue weighted by Crippen LogP contribution is 2.24. The molecule has 0 aliphatic carbocycles. The molecule has 5 heteroatoms. The molecule has 0 saturated carbocycles. The first-order chi connectivity index (χ1) is 6.95. The maximum Gasteiger partial charge on any atom is 0.180 e. The van der Waals surface area contributed by atoms with Crippen LogP contribution in [-0.4, -0.2) is 33.0 Å². The molecule has 0 radical (unpaired) electrons. The van der Waals surface area contributed by atoms with Crippen LogP contribution in [0.25, 0.3) is 11.2 Å². The lowest BCUT2D eigenvalue weighted by atomic mass is 10.0. The van der Waals surface area contributed by atoms with E-state index < -0.39 is 0 Å². The van der Waals surface area contributed by atoms with Crippen molar-refractivity contribution in [1.82, 2.24) is 25.3 Å². The number of fused-ring (bicyclic) bond motifs is 1. The number of rotatable bonds is 1. The summed E-state index contributed by atoms with van der Waals surface area (Å²) < 4.78 is 0. The van der Waals surface area contributed by atoms with Crippen molar-refractivity contribution in [3.8, 4) is 0 Å². The van der Waals surface area contributed by atoms with Crippen LogP contribution in [0.15, 0.2) is 12.7 Å². The van der Waals surface area contributed by atoms with E-state index in [4.69, 9.17) is 0 Å². The SMILES string of the molecule is c1nc(C2CCNC2)c2[nH]cnc2n1. The zero-order valence-electron chi connectivity index (χ0n) is 7.70. The van der Waals surface area contributed by atoms with Crippen molar-refractivity contribution >= 4 is 11.2 Å². The minimum absolute atomic E-state index is 0.501. The molecule has 0 amide bonds. The third-order valence-corrected chi connectivity index (χ3v) is 2.70. The van der Waals surface area contributed by atoms with Crippen LogP contribution in [0.4, 0.5) is 0 Å². The minimum atomic E-state index is 0.501. The molecule has 2 N–H and O–H groups in total. The predicted molar refractivity (Wildman–Crippen MR) is 51.9 cm³/mol. The third kappa shape index (κ3) is 1.09. The van der Waals surface area contributed by atoms with Gasteiger partial charge >= 0.3 is 0 Å². The number of nitrogens with zero attached hydrogens (tertiary/aromatic N) is 3. The summed E-state index contributed by atoms with van der Waals surface area (Å²) in [6, 6.07) is 0. The van der Waals surface area contributed by atoms with Gasteiger partial charge in [0.25, 0.3) is 0 Å². The van der Waals surface area contributed by atoms with Crippen molar-refractivity contribution in [1.29, 1.82) is 0 Å². The maximum atomic E-state index is 4.34. The first-order valence-electron chi connectivity index (χ1n) is 4.80. The Kier molecular flexibility index (Phi) is 1.70. The van der Waals surface area contributed by atoms with Gasteiger partial charge in [-0.1, -0.05) is 0 Å². The Bertz CT molecular complexity index is 443. The third-order valence-electron chi connectivity index (χ3n) is 2.70. The number of aromatic nitrogens is 4. The second kappa shape index (κ2) is 3.02. The van der Waals surface area contributed by atoms with Gasteiger partial charge in [-0.25, -0.2) is 15.0 Å². The largest absolute Gasteiger partial charge is 0.342 e. The van der Waals surface area contributed by atoms with Gasteiger partial charge in [-0.15, -0.1) is 0 Å². The Morgan fingerprint density at radius 1 is 1.29 bits per heavy atom. The number of imidazole rings is 1. The summed E-state index contributed by atoms with van der Waals surface area (Å²) in [5.41, 5.74) is 2.85. The molecular weight excluding hydrogens is 178 g/mol. The fourth-order valence-electron chi connectivity index (χ4n) is 1.98. The summed E-state index contributed by atoms with van der Waals surface area (Å²) in [4.78, 5) is 15.7. The number of hydrogen-bond donors (Lipinski definition) is 2. The topological polar surface area (TPSA) is 66.5 Å². The molecule has 1 aliphatic rings. The average molecular weight is 189 g/mol. The van der Waals surface area contributed by atoms with Gasteiger partial charge in [-0.2, -0.15) is 0 Å². The molecular formula is C9H11N5. The van der Waals surface area contributed by atoms with E-state index >= 15 is 0 Å². The Morgan fingerprint density at radius 3 is 3.14 bits per heavy atom. The molecule has 1 aliphatic heterocycles. The van der Waals surface area contributed by atoms with E-state index in [2.05, 4.69) is 25.3 Å². The molecule has 5 nitrogen and oxygen atoms in total. The summed E-state index contributed by atoms with van der Waals surface area (Å²) in [7, 11) is 0. The Hall–Kier alpha value is -1.49. The molecule has 2 aromatic rings. The second-order valence-corrected chi connectivity index (χ2v) is 3.55. The molecule has 3 heterocycles. The summed E-state index contributed by atoms with van der Waals surface area (Å²) >= 11 is 0. The molecule has 1 fully saturated rings. The minimum Gasteiger partial charge on any atom is -0.342 e. The molecule has 1 saturated heterocycles. The van der Waals surface area contributed by atoms with Crippen LogP contribution >= 0.6 is 0 Å². The fraction of sp³-hybridized carbons (Fsp3) is 0.444. The number of nitrogens with one attached hydrogen (secondary N) is 2. The van der Waals surface area contributed by atoms with Gasteiger partial charge in [-0.3, -0.25) is 0 Å². The van der Waals surface area contributed by atoms with E-state index in [1.54, 1.807) is 12.7 Å². The molecule has 72 valence electrons. The van der Waals surface area contributed by atoms with Crippen molar-refractivity contribution in [3.63, 3.8) is 0 Å². The van der Waals surface area contributed by atoms with Crippen LogP contribution in [0, 0.1) is 0 Å². The van der Waals surface area contributed by atoms with E-state index in [-0.39, 0.29) is 0 Å². The highest BCUT2D eigenvalue weighted by molar-refractivity contribution is 5.72. The van der Waals surface area contributed by atoms with Crippen molar-refractivity contribution < 1.29 is 0 Å². The smallest absolute Gasteiger partial charge is 0.180 e. The van der Waals surface area contributed by atoms with Crippen LogP contribution < -0.4 is 5.32 Å². The lowest BCUT2D eigenvalue weighted by Gasteiger charge is -2.06. The summed E-state index contributed by atoms with van der Waals surface area (Å²) in [5, 5.41) is 3.33. The molecule has 0 spiro atoms. The zero-order chi connectivity index (χ0) is 9.38. The second-order valence-electron chi connectivity index (χ2n) is 3.55. The standard InChI is InChI=1S/C9H11N5/c1-2-10-3-6(1)7-8-9(13-4-11-7)14-5-12-8/h4-6,10H,1-3H2,(H,11,12,13,14). The van der Waals surface area contributed by atoms with E-state index in [0.29, 0.717) is 5.92 Å². The van der Waals surface area contributed by atoms with Crippen LogP contribution in [-0.2, 0) is 0 Å². The summed E-state index contributed by atoms with van der Waals surface area (Å²) in [5.74, 6) is 0.501. The lowest BCUT2D eigenvalue weighted by Crippen LogP contribution is -2.09. The molecule has 0 aromatic carbocycles. The summed E-state index contributed by atoms with van der Waals surface area (Å²) in [6.07, 6.45) is 4.41. The molecule has 3 rings (SSSR count). The fourth-order valence-corrected chi connectivity index (χ4v) is 1.98. The lowest BCUT2D eigenvalue weighted by molar-refractivity contribution is 0.738. The van der Waals surface area contributed by atoms with Gasteiger partial charge in [0.1, 0.15) is 11.8 Å². The van der Waals surface area contributed by atoms with Gasteiger partial charge in [0, 0.05) is 12.5 Å². The van der Waals surface area contributed by atoms with Crippen molar-refractivity contribution in [3.05, 3.63) is 18.3 Å². The normalized spacial score (nSPS) is 21.9. The first kappa shape index (κ1) is 7.87. The van der Waals surface area contributed by atoms with E-state index in [0.717, 1.165) is 36.4 Å². The van der Waals surface area contributed by atoms with E-state index in [9.17, 15) is 0 Å². The van der Waals surface area contributed by atoms with Crippen LogP contribution in [0.1, 0.15) is 18.0 Å². The van der Waals surface area contributed by atoms with Gasteiger partial charge in [0.2, 0.25) is 0 Å². The Morgan fingerprint density at radius 2 is 2.29 bits per heavy atom. The molecule has 1 unspecified atom stereocenters. The first-order valence-corrected chi connectivity index (χ1v) is 4.80. The number of H-pyrrole nitrogens is 1. The van der Waals surface area contributed by atoms with Crippen molar-refractivity contribution in [2.75, 3.05) is 13.1 Å². The van der Waals surface area contributed by atoms with Gasteiger partial charge in [0.15, 0.2) is 5.65 Å². The van der Waals surface area contributed by atoms with Crippen molar-refractivity contribution in [2.24, 2.45) is 0 Å². The Balaban J connectivity index is 2.14.